The number of hydrogen-bond acceptors (Lipinski definition) is 5. The third kappa shape index (κ3) is 4.09. The van der Waals surface area contributed by atoms with Crippen LogP contribution in [0, 0.1) is 5.82 Å². The standard InChI is InChI=1S/C17H22FN3O4S.ClH/c1-26(24,25)17(6-8-19-9-7-17)16(23)20-12-4-5-14(13(18)11-12)21-10-2-3-15(21)22;/h4-5,11,19H,2-3,6-10H2,1H3,(H,20,23);1H. The van der Waals surface area contributed by atoms with Gasteiger partial charge in [0, 0.05) is 24.9 Å². The number of carbonyl (C=O) groups excluding carboxylic acids is 2. The molecule has 2 amide bonds. The van der Waals surface area contributed by atoms with Crippen molar-refractivity contribution in [2.75, 3.05) is 36.1 Å². The quantitative estimate of drug-likeness (QED) is 0.770. The predicted molar refractivity (Wildman–Crippen MR) is 104 cm³/mol. The summed E-state index contributed by atoms with van der Waals surface area (Å²) in [7, 11) is -3.64. The fourth-order valence-corrected chi connectivity index (χ4v) is 4.88. The summed E-state index contributed by atoms with van der Waals surface area (Å²) in [6, 6.07) is 4.04. The first-order valence-electron chi connectivity index (χ1n) is 8.56. The smallest absolute Gasteiger partial charge is 0.245 e. The van der Waals surface area contributed by atoms with Crippen molar-refractivity contribution in [3.63, 3.8) is 0 Å². The van der Waals surface area contributed by atoms with Gasteiger partial charge in [-0.05, 0) is 50.6 Å². The Kier molecular flexibility index (Phi) is 6.49. The number of carbonyl (C=O) groups is 2. The van der Waals surface area contributed by atoms with Crippen LogP contribution in [0.25, 0.3) is 0 Å². The SMILES string of the molecule is CS(=O)(=O)C1(C(=O)Nc2ccc(N3CCCC3=O)c(F)c2)CCNCC1.Cl. The first kappa shape index (κ1) is 21.6. The Morgan fingerprint density at radius 3 is 2.48 bits per heavy atom. The van der Waals surface area contributed by atoms with Crippen molar-refractivity contribution >= 4 is 45.4 Å². The molecule has 7 nitrogen and oxygen atoms in total. The second kappa shape index (κ2) is 8.12. The van der Waals surface area contributed by atoms with E-state index in [1.807, 2.05) is 0 Å². The molecule has 2 saturated heterocycles. The van der Waals surface area contributed by atoms with E-state index in [0.717, 1.165) is 12.3 Å². The van der Waals surface area contributed by atoms with Gasteiger partial charge >= 0.3 is 0 Å². The van der Waals surface area contributed by atoms with E-state index in [4.69, 9.17) is 0 Å². The number of hydrogen-bond donors (Lipinski definition) is 2. The number of anilines is 2. The summed E-state index contributed by atoms with van der Waals surface area (Å²) in [4.78, 5) is 25.9. The molecule has 0 unspecified atom stereocenters. The number of piperidine rings is 1. The van der Waals surface area contributed by atoms with E-state index in [2.05, 4.69) is 10.6 Å². The van der Waals surface area contributed by atoms with E-state index in [-0.39, 0.29) is 42.5 Å². The van der Waals surface area contributed by atoms with Crippen LogP contribution in [-0.2, 0) is 19.4 Å². The van der Waals surface area contributed by atoms with E-state index in [1.54, 1.807) is 0 Å². The monoisotopic (exact) mass is 419 g/mol. The van der Waals surface area contributed by atoms with Gasteiger partial charge in [-0.1, -0.05) is 0 Å². The van der Waals surface area contributed by atoms with E-state index < -0.39 is 26.3 Å². The molecule has 2 aliphatic rings. The lowest BCUT2D eigenvalue weighted by molar-refractivity contribution is -0.119. The van der Waals surface area contributed by atoms with Crippen LogP contribution < -0.4 is 15.5 Å². The Morgan fingerprint density at radius 2 is 1.96 bits per heavy atom. The summed E-state index contributed by atoms with van der Waals surface area (Å²) >= 11 is 0. The van der Waals surface area contributed by atoms with Crippen LogP contribution in [0.15, 0.2) is 18.2 Å². The molecule has 1 aromatic rings. The number of halogens is 2. The van der Waals surface area contributed by atoms with Gasteiger partial charge in [0.1, 0.15) is 5.82 Å². The number of nitrogens with zero attached hydrogens (tertiary/aromatic N) is 1. The van der Waals surface area contributed by atoms with Crippen LogP contribution in [0.4, 0.5) is 15.8 Å². The van der Waals surface area contributed by atoms with E-state index >= 15 is 0 Å². The zero-order chi connectivity index (χ0) is 18.9. The molecule has 3 rings (SSSR count). The maximum absolute atomic E-state index is 14.4. The van der Waals surface area contributed by atoms with Crippen molar-refractivity contribution in [3.8, 4) is 0 Å². The molecule has 0 spiro atoms. The molecule has 27 heavy (non-hydrogen) atoms. The molecule has 150 valence electrons. The highest BCUT2D eigenvalue weighted by atomic mass is 35.5. The van der Waals surface area contributed by atoms with Crippen LogP contribution in [0.5, 0.6) is 0 Å². The highest BCUT2D eigenvalue weighted by Gasteiger charge is 2.48. The highest BCUT2D eigenvalue weighted by Crippen LogP contribution is 2.31. The second-order valence-corrected chi connectivity index (χ2v) is 9.11. The lowest BCUT2D eigenvalue weighted by Crippen LogP contribution is -2.55. The lowest BCUT2D eigenvalue weighted by atomic mass is 9.95. The normalized spacial score (nSPS) is 19.5. The van der Waals surface area contributed by atoms with Gasteiger partial charge in [0.05, 0.1) is 5.69 Å². The van der Waals surface area contributed by atoms with Crippen LogP contribution >= 0.6 is 12.4 Å². The molecule has 0 saturated carbocycles. The van der Waals surface area contributed by atoms with Crippen LogP contribution in [0.1, 0.15) is 25.7 Å². The Bertz CT molecular complexity index is 841. The molecule has 2 aliphatic heterocycles. The first-order valence-corrected chi connectivity index (χ1v) is 10.5. The average molecular weight is 420 g/mol. The molecule has 0 atom stereocenters. The van der Waals surface area contributed by atoms with Crippen molar-refractivity contribution in [3.05, 3.63) is 24.0 Å². The Balaban J connectivity index is 0.00000261. The summed E-state index contributed by atoms with van der Waals surface area (Å²) in [6.07, 6.45) is 2.46. The first-order chi connectivity index (χ1) is 12.2. The Morgan fingerprint density at radius 1 is 1.30 bits per heavy atom. The third-order valence-electron chi connectivity index (χ3n) is 5.10. The van der Waals surface area contributed by atoms with Crippen LogP contribution in [-0.4, -0.2) is 50.9 Å². The largest absolute Gasteiger partial charge is 0.325 e. The molecule has 2 fully saturated rings. The summed E-state index contributed by atoms with van der Waals surface area (Å²) in [5.74, 6) is -1.41. The van der Waals surface area contributed by atoms with Crippen molar-refractivity contribution in [2.24, 2.45) is 0 Å². The van der Waals surface area contributed by atoms with Crippen molar-refractivity contribution in [1.29, 1.82) is 0 Å². The van der Waals surface area contributed by atoms with E-state index in [9.17, 15) is 22.4 Å². The van der Waals surface area contributed by atoms with Crippen LogP contribution in [0.3, 0.4) is 0 Å². The summed E-state index contributed by atoms with van der Waals surface area (Å²) in [5, 5.41) is 5.58. The Hall–Kier alpha value is -1.71. The average Bonchev–Trinajstić information content (AvgIpc) is 3.00. The molecule has 0 bridgehead atoms. The molecule has 0 aromatic heterocycles. The Labute approximate surface area is 164 Å². The second-order valence-electron chi connectivity index (χ2n) is 6.79. The number of rotatable bonds is 4. The van der Waals surface area contributed by atoms with E-state index in [1.165, 1.54) is 17.0 Å². The zero-order valence-electron chi connectivity index (χ0n) is 15.0. The minimum Gasteiger partial charge on any atom is -0.325 e. The topological polar surface area (TPSA) is 95.6 Å². The highest BCUT2D eigenvalue weighted by molar-refractivity contribution is 7.92. The van der Waals surface area contributed by atoms with E-state index in [0.29, 0.717) is 32.5 Å². The van der Waals surface area contributed by atoms with Gasteiger partial charge in [-0.3, -0.25) is 9.59 Å². The lowest BCUT2D eigenvalue weighted by Gasteiger charge is -2.34. The fourth-order valence-electron chi connectivity index (χ4n) is 3.55. The number of benzene rings is 1. The maximum atomic E-state index is 14.4. The molecule has 10 heteroatoms. The van der Waals surface area contributed by atoms with Gasteiger partial charge < -0.3 is 15.5 Å². The maximum Gasteiger partial charge on any atom is 0.245 e. The summed E-state index contributed by atoms with van der Waals surface area (Å²) in [6.45, 7) is 1.31. The fraction of sp³-hybridized carbons (Fsp3) is 0.529. The van der Waals surface area contributed by atoms with Gasteiger partial charge in [-0.25, -0.2) is 12.8 Å². The minimum absolute atomic E-state index is 0. The third-order valence-corrected chi connectivity index (χ3v) is 7.12. The van der Waals surface area contributed by atoms with Crippen molar-refractivity contribution < 1.29 is 22.4 Å². The van der Waals surface area contributed by atoms with Gasteiger partial charge in [0.25, 0.3) is 0 Å². The summed E-state index contributed by atoms with van der Waals surface area (Å²) < 4.78 is 37.4. The van der Waals surface area contributed by atoms with Crippen molar-refractivity contribution in [2.45, 2.75) is 30.4 Å². The van der Waals surface area contributed by atoms with Gasteiger partial charge in [-0.2, -0.15) is 0 Å². The molecule has 2 heterocycles. The van der Waals surface area contributed by atoms with Crippen molar-refractivity contribution in [1.82, 2.24) is 5.32 Å². The number of sulfone groups is 1. The number of nitrogens with one attached hydrogen (secondary N) is 2. The van der Waals surface area contributed by atoms with Gasteiger partial charge in [0.15, 0.2) is 14.6 Å². The predicted octanol–water partition coefficient (Wildman–Crippen LogP) is 1.48. The van der Waals surface area contributed by atoms with Gasteiger partial charge in [0.2, 0.25) is 11.8 Å². The van der Waals surface area contributed by atoms with Gasteiger partial charge in [-0.15, -0.1) is 12.4 Å². The molecule has 0 aliphatic carbocycles. The molecule has 2 N–H and O–H groups in total. The molecule has 1 aromatic carbocycles. The van der Waals surface area contributed by atoms with Crippen LogP contribution in [0.2, 0.25) is 0 Å². The number of amides is 2. The zero-order valence-corrected chi connectivity index (χ0v) is 16.6. The molecular formula is C17H23ClFN3O4S. The molecule has 0 radical (unpaired) electrons. The molecular weight excluding hydrogens is 397 g/mol. The summed E-state index contributed by atoms with van der Waals surface area (Å²) in [5.41, 5.74) is 0.342. The minimum atomic E-state index is -3.64.